The molecule has 0 saturated carbocycles. The molecule has 1 atom stereocenters. The van der Waals surface area contributed by atoms with Gasteiger partial charge in [0, 0.05) is 18.5 Å². The van der Waals surface area contributed by atoms with Crippen LogP contribution in [-0.2, 0) is 14.3 Å². The van der Waals surface area contributed by atoms with Gasteiger partial charge in [-0.25, -0.2) is 0 Å². The van der Waals surface area contributed by atoms with Gasteiger partial charge in [-0.2, -0.15) is 0 Å². The smallest absolute Gasteiger partial charge is 0.231 e. The topological polar surface area (TPSA) is 50.8 Å². The van der Waals surface area contributed by atoms with E-state index in [1.807, 2.05) is 11.0 Å². The van der Waals surface area contributed by atoms with Gasteiger partial charge in [0.1, 0.15) is 6.10 Å². The Labute approximate surface area is 147 Å². The van der Waals surface area contributed by atoms with Crippen LogP contribution in [0, 0.1) is 5.41 Å². The van der Waals surface area contributed by atoms with Crippen LogP contribution in [-0.4, -0.2) is 57.3 Å². The fourth-order valence-electron chi connectivity index (χ4n) is 3.42. The molecule has 1 amide bonds. The number of rotatable bonds is 4. The van der Waals surface area contributed by atoms with Gasteiger partial charge in [0.25, 0.3) is 0 Å². The molecule has 2 aliphatic heterocycles. The Morgan fingerprint density at radius 3 is 2.96 bits per heavy atom. The predicted octanol–water partition coefficient (Wildman–Crippen LogP) is 2.09. The molecule has 3 rings (SSSR count). The number of ether oxygens (including phenoxy) is 2. The molecule has 130 valence electrons. The molecule has 5 nitrogen and oxygen atoms in total. The van der Waals surface area contributed by atoms with E-state index in [0.717, 1.165) is 25.9 Å². The number of nitrogens with one attached hydrogen (secondary N) is 1. The van der Waals surface area contributed by atoms with Crippen molar-refractivity contribution in [2.75, 3.05) is 46.5 Å². The summed E-state index contributed by atoms with van der Waals surface area (Å²) >= 11 is 1.69. The van der Waals surface area contributed by atoms with Crippen molar-refractivity contribution in [3.05, 3.63) is 22.4 Å². The molecule has 0 radical (unpaired) electrons. The van der Waals surface area contributed by atoms with Crippen LogP contribution < -0.4 is 5.32 Å². The molecule has 1 N–H and O–H groups in total. The Morgan fingerprint density at radius 1 is 1.52 bits per heavy atom. The summed E-state index contributed by atoms with van der Waals surface area (Å²) in [5.74, 6) is 0.237. The van der Waals surface area contributed by atoms with Crippen molar-refractivity contribution >= 4 is 29.7 Å². The summed E-state index contributed by atoms with van der Waals surface area (Å²) in [4.78, 5) is 16.3. The number of amides is 1. The summed E-state index contributed by atoms with van der Waals surface area (Å²) < 4.78 is 11.2. The molecule has 3 heterocycles. The zero-order valence-electron chi connectivity index (χ0n) is 13.5. The predicted molar refractivity (Wildman–Crippen MR) is 93.3 cm³/mol. The van der Waals surface area contributed by atoms with Crippen LogP contribution >= 0.6 is 23.7 Å². The average Bonchev–Trinajstić information content (AvgIpc) is 3.10. The van der Waals surface area contributed by atoms with Gasteiger partial charge < -0.3 is 19.7 Å². The first-order valence-electron chi connectivity index (χ1n) is 7.89. The molecular weight excluding hydrogens is 336 g/mol. The van der Waals surface area contributed by atoms with Crippen molar-refractivity contribution in [2.45, 2.75) is 18.9 Å². The van der Waals surface area contributed by atoms with E-state index in [-0.39, 0.29) is 29.8 Å². The van der Waals surface area contributed by atoms with Crippen LogP contribution in [0.3, 0.4) is 0 Å². The maximum absolute atomic E-state index is 13.1. The summed E-state index contributed by atoms with van der Waals surface area (Å²) in [5.41, 5.74) is -0.364. The Balaban J connectivity index is 0.00000192. The summed E-state index contributed by atoms with van der Waals surface area (Å²) in [6, 6.07) is 4.11. The molecular formula is C16H25ClN2O3S. The summed E-state index contributed by atoms with van der Waals surface area (Å²) in [6.45, 7) is 4.21. The summed E-state index contributed by atoms with van der Waals surface area (Å²) in [6.07, 6.45) is 1.71. The zero-order valence-corrected chi connectivity index (χ0v) is 15.1. The van der Waals surface area contributed by atoms with Gasteiger partial charge in [-0.05, 0) is 37.4 Å². The summed E-state index contributed by atoms with van der Waals surface area (Å²) in [7, 11) is 1.69. The van der Waals surface area contributed by atoms with Gasteiger partial charge >= 0.3 is 0 Å². The highest BCUT2D eigenvalue weighted by Gasteiger charge is 2.43. The quantitative estimate of drug-likeness (QED) is 0.893. The number of hydrogen-bond acceptors (Lipinski definition) is 5. The molecule has 2 saturated heterocycles. The second-order valence-electron chi connectivity index (χ2n) is 6.09. The third kappa shape index (κ3) is 4.06. The van der Waals surface area contributed by atoms with Crippen molar-refractivity contribution in [1.82, 2.24) is 10.2 Å². The molecule has 2 fully saturated rings. The minimum atomic E-state index is -0.364. The number of hydrogen-bond donors (Lipinski definition) is 1. The number of carbonyl (C=O) groups excluding carboxylic acids is 1. The normalized spacial score (nSPS) is 24.0. The fraction of sp³-hybridized carbons (Fsp3) is 0.688. The highest BCUT2D eigenvalue weighted by atomic mass is 35.5. The maximum atomic E-state index is 13.1. The molecule has 1 aromatic heterocycles. The van der Waals surface area contributed by atoms with Crippen molar-refractivity contribution in [2.24, 2.45) is 5.41 Å². The van der Waals surface area contributed by atoms with Crippen LogP contribution in [0.4, 0.5) is 0 Å². The Morgan fingerprint density at radius 2 is 2.30 bits per heavy atom. The van der Waals surface area contributed by atoms with E-state index in [4.69, 9.17) is 9.47 Å². The first-order valence-corrected chi connectivity index (χ1v) is 8.77. The third-order valence-corrected chi connectivity index (χ3v) is 5.61. The van der Waals surface area contributed by atoms with Gasteiger partial charge in [0.2, 0.25) is 5.91 Å². The Kier molecular flexibility index (Phi) is 6.85. The van der Waals surface area contributed by atoms with Gasteiger partial charge in [-0.15, -0.1) is 23.7 Å². The second-order valence-corrected chi connectivity index (χ2v) is 7.07. The van der Waals surface area contributed by atoms with Gasteiger partial charge in [0.15, 0.2) is 0 Å². The molecule has 1 aromatic rings. The van der Waals surface area contributed by atoms with Crippen molar-refractivity contribution in [1.29, 1.82) is 0 Å². The van der Waals surface area contributed by atoms with E-state index >= 15 is 0 Å². The Hall–Kier alpha value is -0.660. The molecule has 0 aliphatic carbocycles. The van der Waals surface area contributed by atoms with Crippen LogP contribution in [0.25, 0.3) is 0 Å². The van der Waals surface area contributed by atoms with E-state index in [1.165, 1.54) is 4.88 Å². The number of methoxy groups -OCH3 is 1. The van der Waals surface area contributed by atoms with E-state index in [1.54, 1.807) is 18.4 Å². The molecule has 2 aliphatic rings. The highest BCUT2D eigenvalue weighted by molar-refractivity contribution is 7.10. The van der Waals surface area contributed by atoms with Crippen molar-refractivity contribution in [3.63, 3.8) is 0 Å². The Bertz CT molecular complexity index is 486. The molecule has 0 spiro atoms. The molecule has 23 heavy (non-hydrogen) atoms. The molecule has 7 heteroatoms. The first kappa shape index (κ1) is 18.7. The number of morpholine rings is 1. The number of thiophene rings is 1. The third-order valence-electron chi connectivity index (χ3n) is 4.65. The lowest BCUT2D eigenvalue weighted by molar-refractivity contribution is -0.155. The molecule has 1 unspecified atom stereocenters. The number of halogens is 1. The van der Waals surface area contributed by atoms with Crippen molar-refractivity contribution < 1.29 is 14.3 Å². The average molecular weight is 361 g/mol. The molecule has 0 aromatic carbocycles. The fourth-order valence-corrected chi connectivity index (χ4v) is 4.18. The minimum absolute atomic E-state index is 0. The van der Waals surface area contributed by atoms with Gasteiger partial charge in [-0.3, -0.25) is 4.79 Å². The maximum Gasteiger partial charge on any atom is 0.231 e. The van der Waals surface area contributed by atoms with E-state index < -0.39 is 0 Å². The lowest BCUT2D eigenvalue weighted by Gasteiger charge is -2.42. The van der Waals surface area contributed by atoms with Gasteiger partial charge in [0.05, 0.1) is 25.2 Å². The van der Waals surface area contributed by atoms with E-state index in [0.29, 0.717) is 26.3 Å². The van der Waals surface area contributed by atoms with E-state index in [9.17, 15) is 4.79 Å². The van der Waals surface area contributed by atoms with Crippen LogP contribution in [0.15, 0.2) is 17.5 Å². The lowest BCUT2D eigenvalue weighted by Crippen LogP contribution is -2.54. The van der Waals surface area contributed by atoms with Crippen LogP contribution in [0.1, 0.15) is 23.8 Å². The monoisotopic (exact) mass is 360 g/mol. The van der Waals surface area contributed by atoms with Gasteiger partial charge in [-0.1, -0.05) is 6.07 Å². The summed E-state index contributed by atoms with van der Waals surface area (Å²) in [5, 5.41) is 5.39. The molecule has 0 bridgehead atoms. The van der Waals surface area contributed by atoms with Crippen molar-refractivity contribution in [3.8, 4) is 0 Å². The minimum Gasteiger partial charge on any atom is -0.384 e. The highest BCUT2D eigenvalue weighted by Crippen LogP contribution is 2.34. The van der Waals surface area contributed by atoms with E-state index in [2.05, 4.69) is 16.8 Å². The lowest BCUT2D eigenvalue weighted by atomic mass is 9.78. The number of nitrogens with zero attached hydrogens (tertiary/aromatic N) is 1. The number of piperidine rings is 1. The number of carbonyl (C=O) groups is 1. The zero-order chi connectivity index (χ0) is 15.4. The largest absolute Gasteiger partial charge is 0.384 e. The standard InChI is InChI=1S/C16H24N2O3S.ClH/c1-20-12-16(4-6-17-7-5-16)15(19)18-8-9-21-13(11-18)14-3-2-10-22-14;/h2-3,10,13,17H,4-9,11-12H2,1H3;1H. The second kappa shape index (κ2) is 8.44. The van der Waals surface area contributed by atoms with Crippen LogP contribution in [0.5, 0.6) is 0 Å². The first-order chi connectivity index (χ1) is 10.7. The van der Waals surface area contributed by atoms with Crippen LogP contribution in [0.2, 0.25) is 0 Å². The SMILES string of the molecule is COCC1(C(=O)N2CCOC(c3cccs3)C2)CCNCC1.Cl.